The number of hydrogen-bond donors (Lipinski definition) is 1. The Hall–Kier alpha value is -1.67. The number of rotatable bonds is 7. The molecule has 1 spiro atoms. The number of morpholine rings is 1. The maximum absolute atomic E-state index is 12.8. The van der Waals surface area contributed by atoms with Crippen LogP contribution in [0.25, 0.3) is 0 Å². The zero-order valence-corrected chi connectivity index (χ0v) is 18.8. The number of para-hydroxylation sites is 1. The Kier molecular flexibility index (Phi) is 7.48. The van der Waals surface area contributed by atoms with Crippen LogP contribution in [0.4, 0.5) is 0 Å². The topological polar surface area (TPSA) is 65.5 Å². The number of amides is 1. The van der Waals surface area contributed by atoms with Crippen molar-refractivity contribution in [2.75, 3.05) is 66.1 Å². The van der Waals surface area contributed by atoms with Crippen molar-refractivity contribution in [2.24, 2.45) is 5.41 Å². The van der Waals surface area contributed by atoms with Gasteiger partial charge in [0.2, 0.25) is 5.91 Å². The smallest absolute Gasteiger partial charge is 0.228 e. The van der Waals surface area contributed by atoms with Gasteiger partial charge in [-0.15, -0.1) is 0 Å². The molecule has 0 radical (unpaired) electrons. The summed E-state index contributed by atoms with van der Waals surface area (Å²) < 4.78 is 11.6. The van der Waals surface area contributed by atoms with Gasteiger partial charge in [0.25, 0.3) is 0 Å². The molecule has 4 rings (SSSR count). The first-order valence-corrected chi connectivity index (χ1v) is 11.7. The highest BCUT2D eigenvalue weighted by Gasteiger charge is 2.47. The van der Waals surface area contributed by atoms with Crippen molar-refractivity contribution in [3.05, 3.63) is 29.8 Å². The Morgan fingerprint density at radius 2 is 1.87 bits per heavy atom. The molecule has 1 aromatic carbocycles. The molecule has 3 saturated heterocycles. The van der Waals surface area contributed by atoms with Gasteiger partial charge in [0.15, 0.2) is 0 Å². The van der Waals surface area contributed by atoms with E-state index >= 15 is 0 Å². The number of carbonyl (C=O) groups excluding carboxylic acids is 1. The van der Waals surface area contributed by atoms with Crippen LogP contribution in [0.2, 0.25) is 0 Å². The zero-order chi connectivity index (χ0) is 21.7. The molecule has 1 aromatic rings. The lowest BCUT2D eigenvalue weighted by Crippen LogP contribution is -2.56. The minimum Gasteiger partial charge on any atom is -0.493 e. The molecule has 172 valence electrons. The number of benzene rings is 1. The van der Waals surface area contributed by atoms with E-state index in [1.165, 1.54) is 5.56 Å². The Balaban J connectivity index is 1.27. The van der Waals surface area contributed by atoms with Crippen LogP contribution in [0, 0.1) is 5.41 Å². The van der Waals surface area contributed by atoms with Crippen LogP contribution in [0.1, 0.15) is 31.2 Å². The van der Waals surface area contributed by atoms with Gasteiger partial charge in [-0.05, 0) is 44.8 Å². The number of carbonyl (C=O) groups is 1. The van der Waals surface area contributed by atoms with Gasteiger partial charge in [-0.25, -0.2) is 0 Å². The molecule has 1 unspecified atom stereocenters. The van der Waals surface area contributed by atoms with Gasteiger partial charge in [-0.1, -0.05) is 18.2 Å². The number of likely N-dealkylation sites (tertiary alicyclic amines) is 2. The van der Waals surface area contributed by atoms with Crippen molar-refractivity contribution in [1.82, 2.24) is 14.7 Å². The fourth-order valence-corrected chi connectivity index (χ4v) is 5.28. The molecule has 1 N–H and O–H groups in total. The Labute approximate surface area is 185 Å². The molecule has 1 amide bonds. The summed E-state index contributed by atoms with van der Waals surface area (Å²) >= 11 is 0. The number of likely N-dealkylation sites (N-methyl/N-ethyl adjacent to an activating group) is 1. The van der Waals surface area contributed by atoms with E-state index < -0.39 is 6.10 Å². The minimum atomic E-state index is -0.402. The van der Waals surface area contributed by atoms with Gasteiger partial charge < -0.3 is 19.5 Å². The van der Waals surface area contributed by atoms with Crippen LogP contribution in [0.5, 0.6) is 5.75 Å². The van der Waals surface area contributed by atoms with Crippen LogP contribution in [-0.2, 0) is 16.1 Å². The van der Waals surface area contributed by atoms with Crippen LogP contribution in [0.15, 0.2) is 24.3 Å². The van der Waals surface area contributed by atoms with Gasteiger partial charge in [0.1, 0.15) is 5.75 Å². The number of β-amino-alcohol motifs (C(OH)–C–C–N with tert-alkyl or cyclic N) is 1. The highest BCUT2D eigenvalue weighted by atomic mass is 16.5. The number of piperidine rings is 2. The first kappa shape index (κ1) is 22.5. The molecule has 31 heavy (non-hydrogen) atoms. The van der Waals surface area contributed by atoms with Gasteiger partial charge in [0, 0.05) is 45.3 Å². The molecular weight excluding hydrogens is 394 g/mol. The van der Waals surface area contributed by atoms with Crippen LogP contribution < -0.4 is 4.74 Å². The summed E-state index contributed by atoms with van der Waals surface area (Å²) in [6.07, 6.45) is 2.85. The summed E-state index contributed by atoms with van der Waals surface area (Å²) in [6.45, 7) is 8.51. The van der Waals surface area contributed by atoms with Crippen LogP contribution in [0.3, 0.4) is 0 Å². The fraction of sp³-hybridized carbons (Fsp3) is 0.708. The standard InChI is InChI=1S/C24H37N3O4/c1-25-19-21(28)17-24(23(25)29)7-10-27(11-8-24)18-20-5-2-3-6-22(20)31-14-4-9-26-12-15-30-16-13-26/h2-3,5-6,21,28H,4,7-19H2,1H3. The summed E-state index contributed by atoms with van der Waals surface area (Å²) in [5, 5.41) is 10.2. The summed E-state index contributed by atoms with van der Waals surface area (Å²) in [7, 11) is 1.81. The van der Waals surface area contributed by atoms with E-state index in [2.05, 4.69) is 28.0 Å². The molecule has 7 nitrogen and oxygen atoms in total. The normalized spacial score (nSPS) is 25.2. The zero-order valence-electron chi connectivity index (χ0n) is 18.8. The molecule has 0 aliphatic carbocycles. The van der Waals surface area contributed by atoms with Crippen molar-refractivity contribution in [1.29, 1.82) is 0 Å². The lowest BCUT2D eigenvalue weighted by molar-refractivity contribution is -0.154. The first-order chi connectivity index (χ1) is 15.1. The molecule has 3 heterocycles. The van der Waals surface area contributed by atoms with Crippen LogP contribution in [-0.4, -0.2) is 98.0 Å². The molecule has 3 aliphatic rings. The Morgan fingerprint density at radius 1 is 1.13 bits per heavy atom. The molecule has 3 aliphatic heterocycles. The monoisotopic (exact) mass is 431 g/mol. The third kappa shape index (κ3) is 5.58. The maximum atomic E-state index is 12.8. The minimum absolute atomic E-state index is 0.210. The van der Waals surface area contributed by atoms with Crippen molar-refractivity contribution >= 4 is 5.91 Å². The number of hydrogen-bond acceptors (Lipinski definition) is 6. The van der Waals surface area contributed by atoms with Crippen molar-refractivity contribution in [3.8, 4) is 5.75 Å². The maximum Gasteiger partial charge on any atom is 0.228 e. The summed E-state index contributed by atoms with van der Waals surface area (Å²) in [6, 6.07) is 8.30. The highest BCUT2D eigenvalue weighted by molar-refractivity contribution is 5.83. The second-order valence-electron chi connectivity index (χ2n) is 9.36. The van der Waals surface area contributed by atoms with E-state index in [4.69, 9.17) is 9.47 Å². The summed E-state index contributed by atoms with van der Waals surface area (Å²) in [5.74, 6) is 1.18. The molecule has 0 saturated carbocycles. The third-order valence-electron chi connectivity index (χ3n) is 7.07. The second-order valence-corrected chi connectivity index (χ2v) is 9.36. The predicted octanol–water partition coefficient (Wildman–Crippen LogP) is 1.59. The first-order valence-electron chi connectivity index (χ1n) is 11.7. The van der Waals surface area contributed by atoms with Crippen molar-refractivity contribution in [3.63, 3.8) is 0 Å². The van der Waals surface area contributed by atoms with Gasteiger partial charge in [0.05, 0.1) is 31.3 Å². The second kappa shape index (κ2) is 10.3. The van der Waals surface area contributed by atoms with E-state index in [0.717, 1.165) is 84.1 Å². The van der Waals surface area contributed by atoms with Gasteiger partial charge >= 0.3 is 0 Å². The molecule has 0 bridgehead atoms. The third-order valence-corrected chi connectivity index (χ3v) is 7.07. The number of ether oxygens (including phenoxy) is 2. The Bertz CT molecular complexity index is 729. The fourth-order valence-electron chi connectivity index (χ4n) is 5.28. The number of nitrogens with zero attached hydrogens (tertiary/aromatic N) is 3. The summed E-state index contributed by atoms with van der Waals surface area (Å²) in [4.78, 5) is 19.4. The summed E-state index contributed by atoms with van der Waals surface area (Å²) in [5.41, 5.74) is 0.829. The predicted molar refractivity (Wildman–Crippen MR) is 119 cm³/mol. The molecule has 3 fully saturated rings. The number of aliphatic hydroxyl groups excluding tert-OH is 1. The lowest BCUT2D eigenvalue weighted by atomic mass is 9.71. The highest BCUT2D eigenvalue weighted by Crippen LogP contribution is 2.41. The van der Waals surface area contributed by atoms with E-state index in [-0.39, 0.29) is 11.3 Å². The van der Waals surface area contributed by atoms with E-state index in [0.29, 0.717) is 13.0 Å². The SMILES string of the molecule is CN1CC(O)CC2(CCN(Cc3ccccc3OCCCN3CCOCC3)CC2)C1=O. The van der Waals surface area contributed by atoms with Crippen molar-refractivity contribution in [2.45, 2.75) is 38.3 Å². The molecule has 0 aromatic heterocycles. The van der Waals surface area contributed by atoms with E-state index in [9.17, 15) is 9.90 Å². The Morgan fingerprint density at radius 3 is 2.65 bits per heavy atom. The quantitative estimate of drug-likeness (QED) is 0.662. The van der Waals surface area contributed by atoms with Gasteiger partial charge in [-0.3, -0.25) is 14.6 Å². The lowest BCUT2D eigenvalue weighted by Gasteiger charge is -2.47. The van der Waals surface area contributed by atoms with E-state index in [1.807, 2.05) is 13.1 Å². The molecule has 1 atom stereocenters. The van der Waals surface area contributed by atoms with Crippen molar-refractivity contribution < 1.29 is 19.4 Å². The number of aliphatic hydroxyl groups is 1. The van der Waals surface area contributed by atoms with E-state index in [1.54, 1.807) is 4.90 Å². The van der Waals surface area contributed by atoms with Gasteiger partial charge in [-0.2, -0.15) is 0 Å². The molecule has 7 heteroatoms. The largest absolute Gasteiger partial charge is 0.493 e. The average molecular weight is 432 g/mol. The van der Waals surface area contributed by atoms with Crippen LogP contribution >= 0.6 is 0 Å². The average Bonchev–Trinajstić information content (AvgIpc) is 2.78. The molecular formula is C24H37N3O4.